The molecular formula is C13H19NO4. The van der Waals surface area contributed by atoms with Crippen LogP contribution in [0.15, 0.2) is 16.7 Å². The van der Waals surface area contributed by atoms with E-state index < -0.39 is 0 Å². The zero-order valence-electron chi connectivity index (χ0n) is 10.8. The molecule has 18 heavy (non-hydrogen) atoms. The number of rotatable bonds is 7. The SMILES string of the molecule is COC(=O)CCCCCNC(=O)c1coc(C)c1. The Kier molecular flexibility index (Phi) is 5.97. The van der Waals surface area contributed by atoms with Gasteiger partial charge in [0.2, 0.25) is 0 Å². The first-order chi connectivity index (χ1) is 8.63. The van der Waals surface area contributed by atoms with Crippen molar-refractivity contribution in [3.63, 3.8) is 0 Å². The van der Waals surface area contributed by atoms with Crippen LogP contribution in [0.1, 0.15) is 41.8 Å². The van der Waals surface area contributed by atoms with E-state index in [0.29, 0.717) is 18.5 Å². The van der Waals surface area contributed by atoms with E-state index in [1.165, 1.54) is 13.4 Å². The maximum atomic E-state index is 11.6. The van der Waals surface area contributed by atoms with E-state index in [2.05, 4.69) is 10.1 Å². The summed E-state index contributed by atoms with van der Waals surface area (Å²) in [6.45, 7) is 2.40. The van der Waals surface area contributed by atoms with Crippen LogP contribution in [0.4, 0.5) is 0 Å². The maximum Gasteiger partial charge on any atom is 0.305 e. The molecule has 100 valence electrons. The van der Waals surface area contributed by atoms with E-state index in [0.717, 1.165) is 25.0 Å². The highest BCUT2D eigenvalue weighted by molar-refractivity contribution is 5.93. The lowest BCUT2D eigenvalue weighted by molar-refractivity contribution is -0.140. The average Bonchev–Trinajstić information content (AvgIpc) is 2.79. The number of carbonyl (C=O) groups excluding carboxylic acids is 2. The highest BCUT2D eigenvalue weighted by Crippen LogP contribution is 2.06. The lowest BCUT2D eigenvalue weighted by Gasteiger charge is -2.03. The first kappa shape index (κ1) is 14.3. The lowest BCUT2D eigenvalue weighted by atomic mass is 10.2. The Morgan fingerprint density at radius 2 is 2.11 bits per heavy atom. The third-order valence-corrected chi connectivity index (χ3v) is 2.56. The summed E-state index contributed by atoms with van der Waals surface area (Å²) < 4.78 is 9.59. The van der Waals surface area contributed by atoms with Crippen molar-refractivity contribution >= 4 is 11.9 Å². The topological polar surface area (TPSA) is 68.5 Å². The van der Waals surface area contributed by atoms with Crippen molar-refractivity contribution in [1.29, 1.82) is 0 Å². The smallest absolute Gasteiger partial charge is 0.305 e. The van der Waals surface area contributed by atoms with Crippen molar-refractivity contribution in [3.8, 4) is 0 Å². The first-order valence-electron chi connectivity index (χ1n) is 6.03. The fourth-order valence-electron chi connectivity index (χ4n) is 1.54. The molecule has 1 N–H and O–H groups in total. The van der Waals surface area contributed by atoms with Crippen molar-refractivity contribution in [3.05, 3.63) is 23.7 Å². The van der Waals surface area contributed by atoms with E-state index in [4.69, 9.17) is 4.42 Å². The van der Waals surface area contributed by atoms with Crippen LogP contribution in [0.5, 0.6) is 0 Å². The van der Waals surface area contributed by atoms with Crippen LogP contribution >= 0.6 is 0 Å². The van der Waals surface area contributed by atoms with Gasteiger partial charge in [0, 0.05) is 13.0 Å². The largest absolute Gasteiger partial charge is 0.469 e. The van der Waals surface area contributed by atoms with Gasteiger partial charge in [-0.25, -0.2) is 0 Å². The molecule has 1 aromatic rings. The summed E-state index contributed by atoms with van der Waals surface area (Å²) >= 11 is 0. The minimum Gasteiger partial charge on any atom is -0.469 e. The van der Waals surface area contributed by atoms with Crippen molar-refractivity contribution in [2.45, 2.75) is 32.6 Å². The molecule has 1 rings (SSSR count). The van der Waals surface area contributed by atoms with Gasteiger partial charge in [0.05, 0.1) is 12.7 Å². The number of ether oxygens (including phenoxy) is 1. The molecule has 0 aromatic carbocycles. The molecule has 0 radical (unpaired) electrons. The Hall–Kier alpha value is -1.78. The number of hydrogen-bond acceptors (Lipinski definition) is 4. The van der Waals surface area contributed by atoms with E-state index in [-0.39, 0.29) is 11.9 Å². The molecule has 0 saturated heterocycles. The zero-order chi connectivity index (χ0) is 13.4. The number of carbonyl (C=O) groups is 2. The van der Waals surface area contributed by atoms with E-state index in [1.807, 2.05) is 0 Å². The zero-order valence-corrected chi connectivity index (χ0v) is 10.8. The molecule has 0 aliphatic rings. The molecule has 0 aliphatic heterocycles. The molecule has 0 unspecified atom stereocenters. The molecule has 5 nitrogen and oxygen atoms in total. The Morgan fingerprint density at radius 1 is 1.33 bits per heavy atom. The Morgan fingerprint density at radius 3 is 2.72 bits per heavy atom. The predicted octanol–water partition coefficient (Wildman–Crippen LogP) is 2.05. The van der Waals surface area contributed by atoms with Crippen molar-refractivity contribution in [2.75, 3.05) is 13.7 Å². The van der Waals surface area contributed by atoms with Crippen LogP contribution in [-0.2, 0) is 9.53 Å². The first-order valence-corrected chi connectivity index (χ1v) is 6.03. The van der Waals surface area contributed by atoms with Gasteiger partial charge in [-0.3, -0.25) is 9.59 Å². The number of methoxy groups -OCH3 is 1. The van der Waals surface area contributed by atoms with Crippen molar-refractivity contribution < 1.29 is 18.7 Å². The maximum absolute atomic E-state index is 11.6. The van der Waals surface area contributed by atoms with Gasteiger partial charge in [0.1, 0.15) is 12.0 Å². The van der Waals surface area contributed by atoms with Gasteiger partial charge in [0.15, 0.2) is 0 Å². The number of aryl methyl sites for hydroxylation is 1. The summed E-state index contributed by atoms with van der Waals surface area (Å²) in [6.07, 6.45) is 4.40. The summed E-state index contributed by atoms with van der Waals surface area (Å²) in [5, 5.41) is 2.80. The van der Waals surface area contributed by atoms with Crippen LogP contribution in [0.2, 0.25) is 0 Å². The van der Waals surface area contributed by atoms with Crippen LogP contribution in [0.25, 0.3) is 0 Å². The quantitative estimate of drug-likeness (QED) is 0.596. The van der Waals surface area contributed by atoms with Crippen LogP contribution in [0.3, 0.4) is 0 Å². The summed E-state index contributed by atoms with van der Waals surface area (Å²) in [5.41, 5.74) is 0.544. The number of esters is 1. The van der Waals surface area contributed by atoms with Crippen LogP contribution in [0, 0.1) is 6.92 Å². The third kappa shape index (κ3) is 5.03. The van der Waals surface area contributed by atoms with E-state index >= 15 is 0 Å². The normalized spacial score (nSPS) is 10.1. The standard InChI is InChI=1S/C13H19NO4/c1-10-8-11(9-18-10)13(16)14-7-5-3-4-6-12(15)17-2/h8-9H,3-7H2,1-2H3,(H,14,16). The van der Waals surface area contributed by atoms with Gasteiger partial charge in [0.25, 0.3) is 5.91 Å². The van der Waals surface area contributed by atoms with Gasteiger partial charge in [-0.15, -0.1) is 0 Å². The lowest BCUT2D eigenvalue weighted by Crippen LogP contribution is -2.23. The number of furan rings is 1. The molecule has 0 spiro atoms. The second-order valence-corrected chi connectivity index (χ2v) is 4.09. The average molecular weight is 253 g/mol. The molecular weight excluding hydrogens is 234 g/mol. The minimum atomic E-state index is -0.187. The number of hydrogen-bond donors (Lipinski definition) is 1. The fraction of sp³-hybridized carbons (Fsp3) is 0.538. The molecule has 0 aliphatic carbocycles. The highest BCUT2D eigenvalue weighted by atomic mass is 16.5. The van der Waals surface area contributed by atoms with Gasteiger partial charge >= 0.3 is 5.97 Å². The third-order valence-electron chi connectivity index (χ3n) is 2.56. The molecule has 1 aromatic heterocycles. The van der Waals surface area contributed by atoms with Gasteiger partial charge in [-0.05, 0) is 25.8 Å². The molecule has 0 saturated carbocycles. The molecule has 1 amide bonds. The monoisotopic (exact) mass is 253 g/mol. The Balaban J connectivity index is 2.08. The van der Waals surface area contributed by atoms with Crippen molar-refractivity contribution in [2.24, 2.45) is 0 Å². The second kappa shape index (κ2) is 7.53. The molecule has 1 heterocycles. The van der Waals surface area contributed by atoms with Gasteiger partial charge < -0.3 is 14.5 Å². The number of amides is 1. The number of nitrogens with one attached hydrogen (secondary N) is 1. The summed E-state index contributed by atoms with van der Waals surface area (Å²) in [4.78, 5) is 22.4. The van der Waals surface area contributed by atoms with Crippen LogP contribution in [-0.4, -0.2) is 25.5 Å². The van der Waals surface area contributed by atoms with Gasteiger partial charge in [-0.2, -0.15) is 0 Å². The summed E-state index contributed by atoms with van der Waals surface area (Å²) in [6, 6.07) is 1.70. The Labute approximate surface area is 106 Å². The van der Waals surface area contributed by atoms with Gasteiger partial charge in [-0.1, -0.05) is 6.42 Å². The second-order valence-electron chi connectivity index (χ2n) is 4.09. The fourth-order valence-corrected chi connectivity index (χ4v) is 1.54. The number of unbranched alkanes of at least 4 members (excludes halogenated alkanes) is 2. The van der Waals surface area contributed by atoms with Crippen LogP contribution < -0.4 is 5.32 Å². The summed E-state index contributed by atoms with van der Waals surface area (Å²) in [5.74, 6) is 0.408. The predicted molar refractivity (Wildman–Crippen MR) is 66.3 cm³/mol. The molecule has 0 bridgehead atoms. The minimum absolute atomic E-state index is 0.125. The molecule has 5 heteroatoms. The Bertz CT molecular complexity index is 397. The van der Waals surface area contributed by atoms with Crippen molar-refractivity contribution in [1.82, 2.24) is 5.32 Å². The van der Waals surface area contributed by atoms with E-state index in [1.54, 1.807) is 13.0 Å². The molecule has 0 atom stereocenters. The summed E-state index contributed by atoms with van der Waals surface area (Å²) in [7, 11) is 1.38. The highest BCUT2D eigenvalue weighted by Gasteiger charge is 2.07. The van der Waals surface area contributed by atoms with E-state index in [9.17, 15) is 9.59 Å². The molecule has 0 fully saturated rings.